The SMILES string of the molecule is CC(C)COc1ccc(C(=O)NC(=S)N(C)Cc2ccccc2)cc1Br. The first-order chi connectivity index (χ1) is 12.4. The molecular formula is C20H23BrN2O2S. The molecule has 0 aliphatic carbocycles. The minimum Gasteiger partial charge on any atom is -0.492 e. The molecule has 26 heavy (non-hydrogen) atoms. The molecule has 0 bridgehead atoms. The Kier molecular flexibility index (Phi) is 7.60. The first-order valence-corrected chi connectivity index (χ1v) is 9.59. The Morgan fingerprint density at radius 3 is 2.54 bits per heavy atom. The molecule has 0 fully saturated rings. The molecule has 0 aliphatic heterocycles. The molecule has 0 heterocycles. The highest BCUT2D eigenvalue weighted by molar-refractivity contribution is 9.10. The highest BCUT2D eigenvalue weighted by Crippen LogP contribution is 2.26. The quantitative estimate of drug-likeness (QED) is 0.672. The molecule has 6 heteroatoms. The topological polar surface area (TPSA) is 41.6 Å². The fourth-order valence-corrected chi connectivity index (χ4v) is 2.86. The van der Waals surface area contributed by atoms with Gasteiger partial charge in [0.15, 0.2) is 5.11 Å². The smallest absolute Gasteiger partial charge is 0.257 e. The molecule has 0 unspecified atom stereocenters. The number of nitrogens with one attached hydrogen (secondary N) is 1. The van der Waals surface area contributed by atoms with Crippen molar-refractivity contribution >= 4 is 39.2 Å². The van der Waals surface area contributed by atoms with E-state index in [9.17, 15) is 4.79 Å². The van der Waals surface area contributed by atoms with Crippen molar-refractivity contribution in [1.29, 1.82) is 0 Å². The third-order valence-electron chi connectivity index (χ3n) is 3.60. The van der Waals surface area contributed by atoms with Crippen LogP contribution >= 0.6 is 28.1 Å². The van der Waals surface area contributed by atoms with Gasteiger partial charge in [0.25, 0.3) is 5.91 Å². The molecule has 2 rings (SSSR count). The fourth-order valence-electron chi connectivity index (χ4n) is 2.21. The van der Waals surface area contributed by atoms with Crippen LogP contribution in [0.2, 0.25) is 0 Å². The van der Waals surface area contributed by atoms with E-state index in [1.165, 1.54) is 0 Å². The maximum Gasteiger partial charge on any atom is 0.257 e. The van der Waals surface area contributed by atoms with Crippen molar-refractivity contribution in [2.24, 2.45) is 5.92 Å². The van der Waals surface area contributed by atoms with Crippen molar-refractivity contribution in [3.63, 3.8) is 0 Å². The van der Waals surface area contributed by atoms with E-state index in [2.05, 4.69) is 35.1 Å². The maximum absolute atomic E-state index is 12.5. The Labute approximate surface area is 168 Å². The number of thiocarbonyl (C=S) groups is 1. The van der Waals surface area contributed by atoms with Crippen molar-refractivity contribution in [3.05, 3.63) is 64.1 Å². The second-order valence-electron chi connectivity index (χ2n) is 6.45. The lowest BCUT2D eigenvalue weighted by Gasteiger charge is -2.20. The normalized spacial score (nSPS) is 10.5. The van der Waals surface area contributed by atoms with Crippen LogP contribution in [0, 0.1) is 5.92 Å². The predicted molar refractivity (Wildman–Crippen MR) is 112 cm³/mol. The summed E-state index contributed by atoms with van der Waals surface area (Å²) in [5, 5.41) is 3.15. The molecule has 1 amide bonds. The number of ether oxygens (including phenoxy) is 1. The van der Waals surface area contributed by atoms with Gasteiger partial charge in [-0.2, -0.15) is 0 Å². The third kappa shape index (κ3) is 6.11. The second kappa shape index (κ2) is 9.69. The lowest BCUT2D eigenvalue weighted by atomic mass is 10.2. The summed E-state index contributed by atoms with van der Waals surface area (Å²) in [5.41, 5.74) is 1.64. The molecule has 4 nitrogen and oxygen atoms in total. The number of amides is 1. The number of nitrogens with zero attached hydrogens (tertiary/aromatic N) is 1. The predicted octanol–water partition coefficient (Wildman–Crippen LogP) is 4.63. The van der Waals surface area contributed by atoms with Gasteiger partial charge >= 0.3 is 0 Å². The average Bonchev–Trinajstić information content (AvgIpc) is 2.61. The third-order valence-corrected chi connectivity index (χ3v) is 4.63. The maximum atomic E-state index is 12.5. The summed E-state index contributed by atoms with van der Waals surface area (Å²) >= 11 is 8.80. The van der Waals surface area contributed by atoms with Crippen LogP contribution in [0.4, 0.5) is 0 Å². The monoisotopic (exact) mass is 434 g/mol. The summed E-state index contributed by atoms with van der Waals surface area (Å²) in [6, 6.07) is 15.2. The molecule has 0 saturated carbocycles. The number of benzene rings is 2. The zero-order chi connectivity index (χ0) is 19.1. The van der Waals surface area contributed by atoms with Crippen LogP contribution in [0.1, 0.15) is 29.8 Å². The Morgan fingerprint density at radius 2 is 1.92 bits per heavy atom. The van der Waals surface area contributed by atoms with Gasteiger partial charge in [-0.05, 0) is 57.8 Å². The van der Waals surface area contributed by atoms with E-state index in [0.29, 0.717) is 29.7 Å². The number of hydrogen-bond acceptors (Lipinski definition) is 3. The number of halogens is 1. The van der Waals surface area contributed by atoms with Gasteiger partial charge in [0, 0.05) is 19.2 Å². The standard InChI is InChI=1S/C20H23BrN2O2S/c1-14(2)13-25-18-10-9-16(11-17(18)21)19(24)22-20(26)23(3)12-15-7-5-4-6-8-15/h4-11,14H,12-13H2,1-3H3,(H,22,24,26). The number of carbonyl (C=O) groups excluding carboxylic acids is 1. The summed E-state index contributed by atoms with van der Waals surface area (Å²) in [4.78, 5) is 14.3. The van der Waals surface area contributed by atoms with Crippen molar-refractivity contribution in [3.8, 4) is 5.75 Å². The zero-order valence-corrected chi connectivity index (χ0v) is 17.6. The van der Waals surface area contributed by atoms with Crippen LogP contribution in [-0.2, 0) is 6.54 Å². The first kappa shape index (κ1) is 20.4. The molecule has 0 atom stereocenters. The summed E-state index contributed by atoms with van der Waals surface area (Å²) < 4.78 is 6.45. The van der Waals surface area contributed by atoms with Gasteiger partial charge in [0.05, 0.1) is 11.1 Å². The van der Waals surface area contributed by atoms with E-state index in [1.54, 1.807) is 18.2 Å². The van der Waals surface area contributed by atoms with Crippen molar-refractivity contribution in [2.45, 2.75) is 20.4 Å². The Balaban J connectivity index is 1.96. The van der Waals surface area contributed by atoms with Crippen LogP contribution in [0.25, 0.3) is 0 Å². The fraction of sp³-hybridized carbons (Fsp3) is 0.300. The van der Waals surface area contributed by atoms with E-state index in [1.807, 2.05) is 42.3 Å². The lowest BCUT2D eigenvalue weighted by molar-refractivity contribution is 0.0973. The van der Waals surface area contributed by atoms with E-state index >= 15 is 0 Å². The molecular weight excluding hydrogens is 412 g/mol. The zero-order valence-electron chi connectivity index (χ0n) is 15.2. The molecule has 0 radical (unpaired) electrons. The van der Waals surface area contributed by atoms with Gasteiger partial charge in [0.2, 0.25) is 0 Å². The molecule has 2 aromatic carbocycles. The molecule has 0 spiro atoms. The Hall–Kier alpha value is -1.92. The molecule has 0 aromatic heterocycles. The molecule has 0 saturated heterocycles. The van der Waals surface area contributed by atoms with E-state index in [-0.39, 0.29) is 5.91 Å². The van der Waals surface area contributed by atoms with E-state index in [0.717, 1.165) is 15.8 Å². The van der Waals surface area contributed by atoms with E-state index < -0.39 is 0 Å². The summed E-state index contributed by atoms with van der Waals surface area (Å²) in [7, 11) is 1.86. The summed E-state index contributed by atoms with van der Waals surface area (Å²) in [6.07, 6.45) is 0. The van der Waals surface area contributed by atoms with Crippen LogP contribution < -0.4 is 10.1 Å². The van der Waals surface area contributed by atoms with Crippen molar-refractivity contribution in [2.75, 3.05) is 13.7 Å². The minimum absolute atomic E-state index is 0.244. The van der Waals surface area contributed by atoms with E-state index in [4.69, 9.17) is 17.0 Å². The Morgan fingerprint density at radius 1 is 1.23 bits per heavy atom. The molecule has 1 N–H and O–H groups in total. The van der Waals surface area contributed by atoms with Crippen LogP contribution in [0.3, 0.4) is 0 Å². The highest BCUT2D eigenvalue weighted by atomic mass is 79.9. The van der Waals surface area contributed by atoms with Gasteiger partial charge < -0.3 is 9.64 Å². The first-order valence-electron chi connectivity index (χ1n) is 8.39. The van der Waals surface area contributed by atoms with Crippen LogP contribution in [0.15, 0.2) is 53.0 Å². The number of hydrogen-bond donors (Lipinski definition) is 1. The van der Waals surface area contributed by atoms with Crippen molar-refractivity contribution in [1.82, 2.24) is 10.2 Å². The molecule has 0 aliphatic rings. The van der Waals surface area contributed by atoms with Gasteiger partial charge in [-0.25, -0.2) is 0 Å². The van der Waals surface area contributed by atoms with Gasteiger partial charge in [-0.1, -0.05) is 44.2 Å². The summed E-state index contributed by atoms with van der Waals surface area (Å²) in [6.45, 7) is 5.43. The largest absolute Gasteiger partial charge is 0.492 e. The van der Waals surface area contributed by atoms with Gasteiger partial charge in [-0.3, -0.25) is 10.1 Å². The van der Waals surface area contributed by atoms with Gasteiger partial charge in [0.1, 0.15) is 5.75 Å². The highest BCUT2D eigenvalue weighted by Gasteiger charge is 2.13. The molecule has 2 aromatic rings. The number of rotatable bonds is 6. The summed E-state index contributed by atoms with van der Waals surface area (Å²) in [5.74, 6) is 0.910. The minimum atomic E-state index is -0.244. The lowest BCUT2D eigenvalue weighted by Crippen LogP contribution is -2.40. The van der Waals surface area contributed by atoms with Gasteiger partial charge in [-0.15, -0.1) is 0 Å². The molecule has 138 valence electrons. The number of carbonyl (C=O) groups is 1. The van der Waals surface area contributed by atoms with Crippen LogP contribution in [-0.4, -0.2) is 29.6 Å². The Bertz CT molecular complexity index is 766. The average molecular weight is 435 g/mol. The second-order valence-corrected chi connectivity index (χ2v) is 7.69. The van der Waals surface area contributed by atoms with Crippen molar-refractivity contribution < 1.29 is 9.53 Å². The van der Waals surface area contributed by atoms with Crippen LogP contribution in [0.5, 0.6) is 5.75 Å².